The Morgan fingerprint density at radius 1 is 1.25 bits per heavy atom. The molecule has 2 fully saturated rings. The highest BCUT2D eigenvalue weighted by Gasteiger charge is 2.59. The van der Waals surface area contributed by atoms with Gasteiger partial charge in [0.05, 0.1) is 4.92 Å². The van der Waals surface area contributed by atoms with Crippen molar-refractivity contribution in [3.63, 3.8) is 0 Å². The standard InChI is InChI=1S/C20H26N4O4/c1-19(2)14-8-10-20(19,3)16(12-14)22-23-17(25)9-11-21-18(26)13-4-6-15(7-5-13)24(27)28/h4-7,14H,8-12H2,1-3H3,(H,21,26)(H,23,25)/b22-16+/t14-,20+/m0/s1. The van der Waals surface area contributed by atoms with Crippen molar-refractivity contribution in [2.75, 3.05) is 6.54 Å². The number of hydrogen-bond donors (Lipinski definition) is 2. The highest BCUT2D eigenvalue weighted by Crippen LogP contribution is 2.63. The van der Waals surface area contributed by atoms with E-state index < -0.39 is 4.92 Å². The van der Waals surface area contributed by atoms with E-state index >= 15 is 0 Å². The normalized spacial score (nSPS) is 26.2. The van der Waals surface area contributed by atoms with Gasteiger partial charge in [-0.3, -0.25) is 19.7 Å². The average Bonchev–Trinajstić information content (AvgIpc) is 2.99. The van der Waals surface area contributed by atoms with Crippen LogP contribution in [0.15, 0.2) is 29.4 Å². The van der Waals surface area contributed by atoms with Gasteiger partial charge < -0.3 is 5.32 Å². The monoisotopic (exact) mass is 386 g/mol. The van der Waals surface area contributed by atoms with Crippen molar-refractivity contribution in [2.45, 2.75) is 46.5 Å². The molecule has 2 amide bonds. The summed E-state index contributed by atoms with van der Waals surface area (Å²) in [4.78, 5) is 34.2. The van der Waals surface area contributed by atoms with E-state index in [0.717, 1.165) is 18.6 Å². The number of carbonyl (C=O) groups excluding carboxylic acids is 2. The van der Waals surface area contributed by atoms with Crippen LogP contribution < -0.4 is 10.7 Å². The summed E-state index contributed by atoms with van der Waals surface area (Å²) in [5.74, 6) is -0.00816. The minimum absolute atomic E-state index is 0.0368. The zero-order valence-corrected chi connectivity index (χ0v) is 16.4. The molecule has 0 radical (unpaired) electrons. The van der Waals surface area contributed by atoms with Crippen LogP contribution in [0.5, 0.6) is 0 Å². The maximum atomic E-state index is 12.1. The van der Waals surface area contributed by atoms with Crippen molar-refractivity contribution in [2.24, 2.45) is 21.8 Å². The van der Waals surface area contributed by atoms with Crippen LogP contribution in [0, 0.1) is 26.9 Å². The lowest BCUT2D eigenvalue weighted by molar-refractivity contribution is -0.384. The van der Waals surface area contributed by atoms with Gasteiger partial charge in [-0.25, -0.2) is 5.43 Å². The van der Waals surface area contributed by atoms with Crippen molar-refractivity contribution in [1.29, 1.82) is 0 Å². The van der Waals surface area contributed by atoms with Gasteiger partial charge >= 0.3 is 0 Å². The lowest BCUT2D eigenvalue weighted by Crippen LogP contribution is -2.34. The second-order valence-corrected chi connectivity index (χ2v) is 8.40. The number of nitro benzene ring substituents is 1. The van der Waals surface area contributed by atoms with E-state index in [-0.39, 0.29) is 41.3 Å². The maximum Gasteiger partial charge on any atom is 0.269 e. The number of hydrazone groups is 1. The van der Waals surface area contributed by atoms with Gasteiger partial charge in [-0.15, -0.1) is 0 Å². The number of non-ortho nitro benzene ring substituents is 1. The molecular formula is C20H26N4O4. The first kappa shape index (κ1) is 20.0. The van der Waals surface area contributed by atoms with E-state index in [2.05, 4.69) is 36.6 Å². The molecule has 3 rings (SSSR count). The van der Waals surface area contributed by atoms with Gasteiger partial charge in [0, 0.05) is 41.8 Å². The summed E-state index contributed by atoms with van der Waals surface area (Å²) in [7, 11) is 0. The molecule has 28 heavy (non-hydrogen) atoms. The molecule has 2 aliphatic carbocycles. The van der Waals surface area contributed by atoms with E-state index in [1.165, 1.54) is 30.7 Å². The van der Waals surface area contributed by atoms with Crippen LogP contribution in [-0.4, -0.2) is 29.0 Å². The summed E-state index contributed by atoms with van der Waals surface area (Å²) in [5, 5.41) is 17.7. The highest BCUT2D eigenvalue weighted by atomic mass is 16.6. The number of nitro groups is 1. The van der Waals surface area contributed by atoms with E-state index in [4.69, 9.17) is 0 Å². The molecule has 0 aromatic heterocycles. The molecule has 0 aliphatic heterocycles. The Bertz CT molecular complexity index is 831. The van der Waals surface area contributed by atoms with Gasteiger partial charge in [-0.2, -0.15) is 5.10 Å². The van der Waals surface area contributed by atoms with Crippen molar-refractivity contribution in [1.82, 2.24) is 10.7 Å². The quantitative estimate of drug-likeness (QED) is 0.578. The Hall–Kier alpha value is -2.77. The molecule has 2 N–H and O–H groups in total. The van der Waals surface area contributed by atoms with Crippen molar-refractivity contribution < 1.29 is 14.5 Å². The fourth-order valence-electron chi connectivity index (χ4n) is 4.41. The summed E-state index contributed by atoms with van der Waals surface area (Å²) in [6, 6.07) is 5.32. The van der Waals surface area contributed by atoms with E-state index in [9.17, 15) is 19.7 Å². The summed E-state index contributed by atoms with van der Waals surface area (Å²) >= 11 is 0. The first-order valence-corrected chi connectivity index (χ1v) is 9.53. The average molecular weight is 386 g/mol. The van der Waals surface area contributed by atoms with Crippen LogP contribution in [0.2, 0.25) is 0 Å². The smallest absolute Gasteiger partial charge is 0.269 e. The van der Waals surface area contributed by atoms with E-state index in [0.29, 0.717) is 11.5 Å². The molecule has 2 bridgehead atoms. The summed E-state index contributed by atoms with van der Waals surface area (Å²) in [5.41, 5.74) is 4.17. The van der Waals surface area contributed by atoms with E-state index in [1.54, 1.807) is 0 Å². The zero-order chi connectivity index (χ0) is 20.5. The molecule has 2 saturated carbocycles. The molecule has 8 nitrogen and oxygen atoms in total. The second kappa shape index (κ2) is 7.33. The van der Waals surface area contributed by atoms with Gasteiger partial charge in [0.15, 0.2) is 0 Å². The number of amides is 2. The summed E-state index contributed by atoms with van der Waals surface area (Å²) in [6.45, 7) is 6.96. The summed E-state index contributed by atoms with van der Waals surface area (Å²) in [6.07, 6.45) is 3.36. The zero-order valence-electron chi connectivity index (χ0n) is 16.4. The topological polar surface area (TPSA) is 114 Å². The molecule has 1 aromatic carbocycles. The number of hydrogen-bond acceptors (Lipinski definition) is 5. The third-order valence-corrected chi connectivity index (χ3v) is 6.81. The maximum absolute atomic E-state index is 12.1. The molecule has 0 spiro atoms. The van der Waals surface area contributed by atoms with Gasteiger partial charge in [0.1, 0.15) is 0 Å². The molecule has 150 valence electrons. The van der Waals surface area contributed by atoms with E-state index in [1.807, 2.05) is 0 Å². The molecule has 1 aromatic rings. The Morgan fingerprint density at radius 2 is 1.93 bits per heavy atom. The van der Waals surface area contributed by atoms with Gasteiger partial charge in [-0.05, 0) is 42.7 Å². The van der Waals surface area contributed by atoms with Crippen LogP contribution in [0.25, 0.3) is 0 Å². The molecular weight excluding hydrogens is 360 g/mol. The van der Waals surface area contributed by atoms with Gasteiger partial charge in [0.25, 0.3) is 11.6 Å². The minimum Gasteiger partial charge on any atom is -0.352 e. The Morgan fingerprint density at radius 3 is 2.46 bits per heavy atom. The van der Waals surface area contributed by atoms with Crippen LogP contribution in [0.4, 0.5) is 5.69 Å². The number of carbonyl (C=O) groups is 2. The van der Waals surface area contributed by atoms with Gasteiger partial charge in [-0.1, -0.05) is 20.8 Å². The molecule has 2 aliphatic rings. The van der Waals surface area contributed by atoms with Crippen LogP contribution in [-0.2, 0) is 4.79 Å². The molecule has 8 heteroatoms. The van der Waals surface area contributed by atoms with Crippen molar-refractivity contribution in [3.05, 3.63) is 39.9 Å². The molecule has 0 saturated heterocycles. The summed E-state index contributed by atoms with van der Waals surface area (Å²) < 4.78 is 0. The van der Waals surface area contributed by atoms with Gasteiger partial charge in [0.2, 0.25) is 5.91 Å². The SMILES string of the molecule is CC1(C)[C@H]2CC[C@]1(C)/C(=N/NC(=O)CCNC(=O)c1ccc([N+](=O)[O-])cc1)C2. The fourth-order valence-corrected chi connectivity index (χ4v) is 4.41. The molecule has 2 atom stereocenters. The highest BCUT2D eigenvalue weighted by molar-refractivity contribution is 5.95. The number of rotatable bonds is 6. The number of benzene rings is 1. The lowest BCUT2D eigenvalue weighted by atomic mass is 9.70. The molecule has 0 heterocycles. The molecule has 0 unspecified atom stereocenters. The second-order valence-electron chi connectivity index (χ2n) is 8.40. The first-order chi connectivity index (χ1) is 13.1. The van der Waals surface area contributed by atoms with Crippen molar-refractivity contribution >= 4 is 23.2 Å². The third-order valence-electron chi connectivity index (χ3n) is 6.81. The van der Waals surface area contributed by atoms with Crippen LogP contribution >= 0.6 is 0 Å². The largest absolute Gasteiger partial charge is 0.352 e. The van der Waals surface area contributed by atoms with Crippen LogP contribution in [0.3, 0.4) is 0 Å². The lowest BCUT2D eigenvalue weighted by Gasteiger charge is -2.34. The Kier molecular flexibility index (Phi) is 5.23. The fraction of sp³-hybridized carbons (Fsp3) is 0.550. The van der Waals surface area contributed by atoms with Crippen molar-refractivity contribution in [3.8, 4) is 0 Å². The number of nitrogens with zero attached hydrogens (tertiary/aromatic N) is 2. The Balaban J connectivity index is 1.46. The first-order valence-electron chi connectivity index (χ1n) is 9.53. The number of fused-ring (bicyclic) bond motifs is 2. The predicted octanol–water partition coefficient (Wildman–Crippen LogP) is 3.03. The third kappa shape index (κ3) is 3.50. The number of nitrogens with one attached hydrogen (secondary N) is 2. The minimum atomic E-state index is -0.523. The predicted molar refractivity (Wildman–Crippen MR) is 105 cm³/mol. The Labute approximate surface area is 163 Å². The van der Waals surface area contributed by atoms with Crippen LogP contribution in [0.1, 0.15) is 56.8 Å².